The quantitative estimate of drug-likeness (QED) is 0.586. The van der Waals surface area contributed by atoms with Gasteiger partial charge in [-0.25, -0.2) is 9.48 Å². The molecule has 1 aliphatic heterocycles. The van der Waals surface area contributed by atoms with E-state index >= 15 is 0 Å². The normalized spacial score (nSPS) is 14.7. The van der Waals surface area contributed by atoms with Crippen LogP contribution in [0.1, 0.15) is 34.7 Å². The fourth-order valence-corrected chi connectivity index (χ4v) is 3.43. The molecule has 3 aromatic rings. The third-order valence-electron chi connectivity index (χ3n) is 5.01. The number of alkyl halides is 3. The number of benzene rings is 2. The molecular formula is C21H21F3N4O3. The molecule has 0 spiro atoms. The zero-order valence-corrected chi connectivity index (χ0v) is 16.4. The first-order chi connectivity index (χ1) is 14.7. The predicted octanol–water partition coefficient (Wildman–Crippen LogP) is 3.22. The summed E-state index contributed by atoms with van der Waals surface area (Å²) >= 11 is 0. The molecule has 1 fully saturated rings. The number of primary amides is 1. The van der Waals surface area contributed by atoms with Gasteiger partial charge >= 0.3 is 12.1 Å². The predicted molar refractivity (Wildman–Crippen MR) is 108 cm³/mol. The number of amides is 1. The number of hydrogen-bond donors (Lipinski definition) is 3. The van der Waals surface area contributed by atoms with Gasteiger partial charge < -0.3 is 16.2 Å². The Bertz CT molecular complexity index is 1070. The van der Waals surface area contributed by atoms with Crippen molar-refractivity contribution in [3.8, 4) is 5.69 Å². The lowest BCUT2D eigenvalue weighted by Crippen LogP contribution is -2.26. The van der Waals surface area contributed by atoms with Crippen LogP contribution in [0.2, 0.25) is 0 Å². The van der Waals surface area contributed by atoms with Crippen LogP contribution in [0, 0.1) is 0 Å². The van der Waals surface area contributed by atoms with E-state index in [4.69, 9.17) is 15.6 Å². The molecular weight excluding hydrogens is 413 g/mol. The summed E-state index contributed by atoms with van der Waals surface area (Å²) in [5.41, 5.74) is 8.91. The minimum absolute atomic E-state index is 0.452. The van der Waals surface area contributed by atoms with Crippen LogP contribution >= 0.6 is 0 Å². The number of carboxylic acid groups (broad SMARTS) is 1. The summed E-state index contributed by atoms with van der Waals surface area (Å²) in [4.78, 5) is 20.4. The van der Waals surface area contributed by atoms with Crippen LogP contribution < -0.4 is 11.1 Å². The average Bonchev–Trinajstić information content (AvgIpc) is 3.18. The summed E-state index contributed by atoms with van der Waals surface area (Å²) in [6.45, 7) is 2.18. The Hall–Kier alpha value is -3.40. The second-order valence-corrected chi connectivity index (χ2v) is 7.10. The van der Waals surface area contributed by atoms with Gasteiger partial charge in [0.2, 0.25) is 0 Å². The second-order valence-electron chi connectivity index (χ2n) is 7.10. The smallest absolute Gasteiger partial charge is 0.475 e. The van der Waals surface area contributed by atoms with Gasteiger partial charge in [-0.3, -0.25) is 4.79 Å². The Morgan fingerprint density at radius 1 is 1.10 bits per heavy atom. The summed E-state index contributed by atoms with van der Waals surface area (Å²) in [5, 5.41) is 16.0. The highest BCUT2D eigenvalue weighted by molar-refractivity contribution is 6.04. The molecule has 4 rings (SSSR count). The molecule has 0 atom stereocenters. The second kappa shape index (κ2) is 9.17. The summed E-state index contributed by atoms with van der Waals surface area (Å²) in [6.07, 6.45) is -0.777. The highest BCUT2D eigenvalue weighted by atomic mass is 19.4. The number of aliphatic carboxylic acids is 1. The van der Waals surface area contributed by atoms with Crippen LogP contribution in [0.4, 0.5) is 13.2 Å². The minimum Gasteiger partial charge on any atom is -0.475 e. The van der Waals surface area contributed by atoms with Gasteiger partial charge in [-0.2, -0.15) is 18.3 Å². The molecule has 31 heavy (non-hydrogen) atoms. The molecule has 0 bridgehead atoms. The van der Waals surface area contributed by atoms with E-state index in [-0.39, 0.29) is 0 Å². The molecule has 1 saturated heterocycles. The fourth-order valence-electron chi connectivity index (χ4n) is 3.43. The van der Waals surface area contributed by atoms with Gasteiger partial charge in [0, 0.05) is 11.6 Å². The van der Waals surface area contributed by atoms with Crippen LogP contribution in [0.5, 0.6) is 0 Å². The van der Waals surface area contributed by atoms with Crippen LogP contribution in [0.25, 0.3) is 16.6 Å². The molecule has 7 nitrogen and oxygen atoms in total. The van der Waals surface area contributed by atoms with Crippen molar-refractivity contribution in [2.24, 2.45) is 5.73 Å². The van der Waals surface area contributed by atoms with Crippen molar-refractivity contribution in [3.63, 3.8) is 0 Å². The standard InChI is InChI=1S/C19H20N4O.C2HF3O2/c20-19(24)17-3-1-2-15-12-23(22-18(15)17)16-6-4-13(5-7-16)14-8-10-21-11-9-14;3-2(4,5)1(6)7/h1-7,12,14,21H,8-11H2,(H2,20,24);(H,6,7). The summed E-state index contributed by atoms with van der Waals surface area (Å²) in [6, 6.07) is 14.0. The lowest BCUT2D eigenvalue weighted by atomic mass is 9.90. The van der Waals surface area contributed by atoms with Crippen molar-refractivity contribution in [2.45, 2.75) is 24.9 Å². The molecule has 0 unspecified atom stereocenters. The maximum Gasteiger partial charge on any atom is 0.490 e. The van der Waals surface area contributed by atoms with E-state index in [1.54, 1.807) is 6.07 Å². The lowest BCUT2D eigenvalue weighted by Gasteiger charge is -2.23. The van der Waals surface area contributed by atoms with Crippen molar-refractivity contribution in [1.82, 2.24) is 15.1 Å². The van der Waals surface area contributed by atoms with E-state index in [2.05, 4.69) is 34.7 Å². The van der Waals surface area contributed by atoms with E-state index in [0.29, 0.717) is 17.0 Å². The Kier molecular flexibility index (Phi) is 6.59. The van der Waals surface area contributed by atoms with Crippen LogP contribution in [-0.2, 0) is 4.79 Å². The van der Waals surface area contributed by atoms with E-state index in [0.717, 1.165) is 24.2 Å². The van der Waals surface area contributed by atoms with E-state index in [1.807, 2.05) is 23.0 Å². The molecule has 0 radical (unpaired) electrons. The number of hydrogen-bond acceptors (Lipinski definition) is 4. The SMILES string of the molecule is NC(=O)c1cccc2cn(-c3ccc(C4CCNCC4)cc3)nc12.O=C(O)C(F)(F)F. The number of aromatic nitrogens is 2. The van der Waals surface area contributed by atoms with Gasteiger partial charge in [-0.05, 0) is 55.6 Å². The number of nitrogens with two attached hydrogens (primary N) is 1. The van der Waals surface area contributed by atoms with Crippen molar-refractivity contribution in [1.29, 1.82) is 0 Å². The number of carboxylic acids is 1. The maximum atomic E-state index is 11.5. The number of carbonyl (C=O) groups is 2. The maximum absolute atomic E-state index is 11.5. The topological polar surface area (TPSA) is 110 Å². The largest absolute Gasteiger partial charge is 0.490 e. The first-order valence-electron chi connectivity index (χ1n) is 9.56. The molecule has 0 aliphatic carbocycles. The van der Waals surface area contributed by atoms with Crippen LogP contribution in [0.15, 0.2) is 48.7 Å². The summed E-state index contributed by atoms with van der Waals surface area (Å²) in [5.74, 6) is -2.57. The van der Waals surface area contributed by atoms with Gasteiger partial charge in [0.25, 0.3) is 5.91 Å². The van der Waals surface area contributed by atoms with Crippen molar-refractivity contribution < 1.29 is 27.9 Å². The van der Waals surface area contributed by atoms with Crippen molar-refractivity contribution >= 4 is 22.8 Å². The first kappa shape index (κ1) is 22.3. The highest BCUT2D eigenvalue weighted by Crippen LogP contribution is 2.26. The average molecular weight is 434 g/mol. The number of carbonyl (C=O) groups excluding carboxylic acids is 1. The number of piperidine rings is 1. The van der Waals surface area contributed by atoms with Gasteiger partial charge in [0.05, 0.1) is 11.3 Å². The van der Waals surface area contributed by atoms with E-state index in [9.17, 15) is 18.0 Å². The summed E-state index contributed by atoms with van der Waals surface area (Å²) in [7, 11) is 0. The molecule has 0 saturated carbocycles. The molecule has 2 heterocycles. The molecule has 1 amide bonds. The fraction of sp³-hybridized carbons (Fsp3) is 0.286. The monoisotopic (exact) mass is 434 g/mol. The number of nitrogens with one attached hydrogen (secondary N) is 1. The van der Waals surface area contributed by atoms with E-state index in [1.165, 1.54) is 18.4 Å². The Labute approximate surface area is 175 Å². The van der Waals surface area contributed by atoms with Crippen LogP contribution in [-0.4, -0.2) is 46.0 Å². The van der Waals surface area contributed by atoms with Crippen molar-refractivity contribution in [3.05, 3.63) is 59.8 Å². The Morgan fingerprint density at radius 2 is 1.71 bits per heavy atom. The number of rotatable bonds is 3. The third-order valence-corrected chi connectivity index (χ3v) is 5.01. The zero-order chi connectivity index (χ0) is 22.6. The first-order valence-corrected chi connectivity index (χ1v) is 9.56. The van der Waals surface area contributed by atoms with Crippen LogP contribution in [0.3, 0.4) is 0 Å². The molecule has 164 valence electrons. The molecule has 2 aromatic carbocycles. The molecule has 1 aromatic heterocycles. The van der Waals surface area contributed by atoms with Gasteiger partial charge in [0.1, 0.15) is 5.52 Å². The zero-order valence-electron chi connectivity index (χ0n) is 16.4. The molecule has 1 aliphatic rings. The number of halogens is 3. The van der Waals surface area contributed by atoms with Gasteiger partial charge in [-0.15, -0.1) is 0 Å². The lowest BCUT2D eigenvalue weighted by molar-refractivity contribution is -0.192. The van der Waals surface area contributed by atoms with Crippen molar-refractivity contribution in [2.75, 3.05) is 13.1 Å². The number of nitrogens with zero attached hydrogens (tertiary/aromatic N) is 2. The highest BCUT2D eigenvalue weighted by Gasteiger charge is 2.38. The number of fused-ring (bicyclic) bond motifs is 1. The van der Waals surface area contributed by atoms with Gasteiger partial charge in [-0.1, -0.05) is 24.3 Å². The Morgan fingerprint density at radius 3 is 2.26 bits per heavy atom. The Balaban J connectivity index is 0.000000339. The minimum atomic E-state index is -5.08. The molecule has 10 heteroatoms. The third kappa shape index (κ3) is 5.40. The molecule has 4 N–H and O–H groups in total. The van der Waals surface area contributed by atoms with Gasteiger partial charge in [0.15, 0.2) is 0 Å². The van der Waals surface area contributed by atoms with E-state index < -0.39 is 18.1 Å². The summed E-state index contributed by atoms with van der Waals surface area (Å²) < 4.78 is 33.5.